The van der Waals surface area contributed by atoms with Gasteiger partial charge in [-0.05, 0) is 74.6 Å². The predicted octanol–water partition coefficient (Wildman–Crippen LogP) is 3.45. The van der Waals surface area contributed by atoms with Gasteiger partial charge >= 0.3 is 11.9 Å². The summed E-state index contributed by atoms with van der Waals surface area (Å²) in [6.07, 6.45) is 6.83. The monoisotopic (exact) mass is 813 g/mol. The van der Waals surface area contributed by atoms with Gasteiger partial charge in [-0.25, -0.2) is 0 Å². The Bertz CT molecular complexity index is 1970. The van der Waals surface area contributed by atoms with E-state index in [9.17, 15) is 24.3 Å². The van der Waals surface area contributed by atoms with Crippen LogP contribution in [0.3, 0.4) is 0 Å². The molecule has 59 heavy (non-hydrogen) atoms. The Kier molecular flexibility index (Phi) is 10.7. The van der Waals surface area contributed by atoms with Crippen molar-refractivity contribution in [2.24, 2.45) is 11.3 Å². The van der Waals surface area contributed by atoms with Crippen LogP contribution in [0.5, 0.6) is 0 Å². The van der Waals surface area contributed by atoms with E-state index >= 15 is 0 Å². The second kappa shape index (κ2) is 15.7. The third-order valence-corrected chi connectivity index (χ3v) is 12.9. The Balaban J connectivity index is 0.916. The summed E-state index contributed by atoms with van der Waals surface area (Å²) in [5.41, 5.74) is 2.13. The molecule has 10 atom stereocenters. The minimum atomic E-state index is -1.40. The molecule has 1 spiro atoms. The van der Waals surface area contributed by atoms with Gasteiger partial charge in [-0.3, -0.25) is 24.0 Å². The number of nitrogens with one attached hydrogen (secondary N) is 2. The maximum Gasteiger partial charge on any atom is 0.327 e. The molecule has 2 amide bonds. The van der Waals surface area contributed by atoms with Crippen LogP contribution in [0.15, 0.2) is 54.6 Å². The van der Waals surface area contributed by atoms with Crippen molar-refractivity contribution in [1.82, 2.24) is 15.7 Å². The summed E-state index contributed by atoms with van der Waals surface area (Å²) in [7, 11) is 0. The first-order valence-corrected chi connectivity index (χ1v) is 21.2. The quantitative estimate of drug-likeness (QED) is 0.199. The van der Waals surface area contributed by atoms with E-state index in [4.69, 9.17) is 28.5 Å². The number of rotatable bonds is 13. The van der Waals surface area contributed by atoms with Crippen molar-refractivity contribution in [2.45, 2.75) is 145 Å². The zero-order valence-electron chi connectivity index (χ0n) is 33.9. The van der Waals surface area contributed by atoms with Gasteiger partial charge in [-0.2, -0.15) is 5.06 Å². The van der Waals surface area contributed by atoms with Crippen LogP contribution in [0.4, 0.5) is 0 Å². The zero-order valence-corrected chi connectivity index (χ0v) is 33.9. The molecule has 0 aromatic heterocycles. The van der Waals surface area contributed by atoms with Crippen LogP contribution < -0.4 is 10.6 Å². The van der Waals surface area contributed by atoms with Crippen molar-refractivity contribution in [3.05, 3.63) is 76.9 Å². The van der Waals surface area contributed by atoms with Crippen molar-refractivity contribution in [3.63, 3.8) is 0 Å². The first-order chi connectivity index (χ1) is 28.3. The minimum Gasteiger partial charge on any atom is -0.460 e. The number of amides is 2. The molecular weight excluding hydrogens is 759 g/mol. The fraction of sp³-hybridized carbons (Fsp3) is 0.600. The number of esters is 2. The summed E-state index contributed by atoms with van der Waals surface area (Å²) < 4.78 is 30.8. The SMILES string of the molecule is CC(C)(C)OC(=O)CC[C@@H](CO)NC(=O)CCNC(=O)[C@@]12C[C@H]3OC(=O)[C@@H]1N(Cc1cccc(C=CC4CCC5OC5C4)c1)O[C@@H]2[C@H]1OC2(Cc4ccccc4C2)O[C@H]13. The summed E-state index contributed by atoms with van der Waals surface area (Å²) in [4.78, 5) is 60.9. The van der Waals surface area contributed by atoms with Gasteiger partial charge in [0.25, 0.3) is 0 Å². The zero-order chi connectivity index (χ0) is 41.1. The van der Waals surface area contributed by atoms with Gasteiger partial charge in [-0.1, -0.05) is 60.7 Å². The number of allylic oxidation sites excluding steroid dienone is 1. The van der Waals surface area contributed by atoms with Crippen molar-refractivity contribution < 1.29 is 52.8 Å². The fourth-order valence-corrected chi connectivity index (χ4v) is 10.2. The maximum atomic E-state index is 14.7. The topological polar surface area (TPSA) is 174 Å². The lowest BCUT2D eigenvalue weighted by molar-refractivity contribution is -0.217. The highest BCUT2D eigenvalue weighted by molar-refractivity contribution is 5.94. The number of aliphatic hydroxyl groups is 1. The maximum absolute atomic E-state index is 14.7. The van der Waals surface area contributed by atoms with Crippen LogP contribution in [0.2, 0.25) is 0 Å². The highest BCUT2D eigenvalue weighted by atomic mass is 16.8. The van der Waals surface area contributed by atoms with Gasteiger partial charge in [-0.15, -0.1) is 0 Å². The number of carbonyl (C=O) groups is 4. The van der Waals surface area contributed by atoms with Gasteiger partial charge in [0.2, 0.25) is 11.8 Å². The number of hydrogen-bond donors (Lipinski definition) is 3. The smallest absolute Gasteiger partial charge is 0.327 e. The van der Waals surface area contributed by atoms with Crippen LogP contribution >= 0.6 is 0 Å². The van der Waals surface area contributed by atoms with Crippen LogP contribution in [-0.2, 0) is 67.1 Å². The molecule has 2 aromatic carbocycles. The molecule has 6 fully saturated rings. The third kappa shape index (κ3) is 8.07. The number of benzene rings is 2. The number of epoxide rings is 1. The largest absolute Gasteiger partial charge is 0.460 e. The molecular formula is C45H55N3O11. The summed E-state index contributed by atoms with van der Waals surface area (Å²) in [5.74, 6) is -2.35. The molecule has 9 rings (SSSR count). The second-order valence-electron chi connectivity index (χ2n) is 18.4. The molecule has 2 bridgehead atoms. The first kappa shape index (κ1) is 40.2. The van der Waals surface area contributed by atoms with E-state index in [0.29, 0.717) is 31.0 Å². The first-order valence-electron chi connectivity index (χ1n) is 21.2. The highest BCUT2D eigenvalue weighted by Crippen LogP contribution is 2.58. The van der Waals surface area contributed by atoms with Crippen LogP contribution in [0, 0.1) is 11.3 Å². The normalized spacial score (nSPS) is 32.8. The molecule has 3 N–H and O–H groups in total. The summed E-state index contributed by atoms with van der Waals surface area (Å²) in [6.45, 7) is 5.13. The Morgan fingerprint density at radius 3 is 2.53 bits per heavy atom. The van der Waals surface area contributed by atoms with E-state index in [1.807, 2.05) is 30.3 Å². The molecule has 4 aliphatic heterocycles. The number of nitrogens with zero attached hydrogens (tertiary/aromatic N) is 1. The molecule has 0 radical (unpaired) electrons. The average molecular weight is 814 g/mol. The summed E-state index contributed by atoms with van der Waals surface area (Å²) >= 11 is 0. The lowest BCUT2D eigenvalue weighted by atomic mass is 9.62. The van der Waals surface area contributed by atoms with E-state index in [1.165, 1.54) is 0 Å². The lowest BCUT2D eigenvalue weighted by Gasteiger charge is -2.48. The molecule has 2 saturated carbocycles. The lowest BCUT2D eigenvalue weighted by Crippen LogP contribution is -2.69. The Morgan fingerprint density at radius 1 is 1.00 bits per heavy atom. The van der Waals surface area contributed by atoms with Crippen LogP contribution in [0.1, 0.15) is 88.0 Å². The van der Waals surface area contributed by atoms with Gasteiger partial charge in [0.1, 0.15) is 35.4 Å². The van der Waals surface area contributed by atoms with Crippen molar-refractivity contribution in [3.8, 4) is 0 Å². The Hall–Kier alpha value is -4.18. The molecule has 14 heteroatoms. The Labute approximate surface area is 344 Å². The number of aliphatic hydroxyl groups excluding tert-OH is 1. The molecule has 3 unspecified atom stereocenters. The van der Waals surface area contributed by atoms with E-state index in [0.717, 1.165) is 41.5 Å². The molecule has 14 nitrogen and oxygen atoms in total. The molecule has 3 aliphatic carbocycles. The van der Waals surface area contributed by atoms with Crippen molar-refractivity contribution in [2.75, 3.05) is 13.2 Å². The van der Waals surface area contributed by atoms with E-state index in [2.05, 4.69) is 41.0 Å². The minimum absolute atomic E-state index is 0.0257. The van der Waals surface area contributed by atoms with E-state index in [1.54, 1.807) is 25.8 Å². The number of ether oxygens (including phenoxy) is 5. The molecule has 2 aromatic rings. The molecule has 4 heterocycles. The van der Waals surface area contributed by atoms with Crippen molar-refractivity contribution in [1.29, 1.82) is 0 Å². The van der Waals surface area contributed by atoms with E-state index < -0.39 is 77.1 Å². The number of fused-ring (bicyclic) bond motifs is 6. The van der Waals surface area contributed by atoms with Gasteiger partial charge in [0.05, 0.1) is 31.4 Å². The fourth-order valence-electron chi connectivity index (χ4n) is 10.2. The average Bonchev–Trinajstić information content (AvgIpc) is 3.54. The standard InChI is InChI=1S/C45H55N3O11/c1-43(2,3)56-36(51)16-14-31(25-49)47-35(50)17-18-46-42(53)45-23-34-37-38(58-44(57-37)21-29-9-4-5-10-30(29)22-44)40(45)59-48(39(45)41(52)55-34)24-28-8-6-7-26(19-28)11-12-27-13-15-32-33(20-27)54-32/h4-12,19,27,31-34,37-40,49H,13-18,20-25H2,1-3H3,(H,46,53)(H,47,50)/t27?,31-,32?,33?,34+,37-,38-,39-,40+,45-/m0/s1. The van der Waals surface area contributed by atoms with Crippen LogP contribution in [-0.4, -0.2) is 107 Å². The Morgan fingerprint density at radius 2 is 1.78 bits per heavy atom. The van der Waals surface area contributed by atoms with Crippen LogP contribution in [0.25, 0.3) is 6.08 Å². The van der Waals surface area contributed by atoms with E-state index in [-0.39, 0.29) is 45.4 Å². The second-order valence-corrected chi connectivity index (χ2v) is 18.4. The number of hydroxylamine groups is 2. The molecule has 316 valence electrons. The summed E-state index contributed by atoms with van der Waals surface area (Å²) in [6, 6.07) is 14.4. The van der Waals surface area contributed by atoms with Crippen molar-refractivity contribution >= 4 is 29.8 Å². The third-order valence-electron chi connectivity index (χ3n) is 12.9. The van der Waals surface area contributed by atoms with Gasteiger partial charge in [0.15, 0.2) is 11.8 Å². The number of hydrogen-bond acceptors (Lipinski definition) is 12. The van der Waals surface area contributed by atoms with Gasteiger partial charge < -0.3 is 39.4 Å². The molecule has 7 aliphatic rings. The van der Waals surface area contributed by atoms with Gasteiger partial charge in [0, 0.05) is 38.6 Å². The summed E-state index contributed by atoms with van der Waals surface area (Å²) in [5, 5.41) is 17.2. The predicted molar refractivity (Wildman–Crippen MR) is 211 cm³/mol. The number of carbonyl (C=O) groups excluding carboxylic acids is 4. The molecule has 4 saturated heterocycles. The highest BCUT2D eigenvalue weighted by Gasteiger charge is 2.76.